The monoisotopic (exact) mass is 600 g/mol. The van der Waals surface area contributed by atoms with E-state index in [0.717, 1.165) is 61.8 Å². The first-order chi connectivity index (χ1) is 21.3. The van der Waals surface area contributed by atoms with Crippen LogP contribution >= 0.6 is 0 Å². The fourth-order valence-corrected chi connectivity index (χ4v) is 5.22. The van der Waals surface area contributed by atoms with Crippen LogP contribution < -0.4 is 18.9 Å². The maximum absolute atomic E-state index is 10.5. The van der Waals surface area contributed by atoms with E-state index in [-0.39, 0.29) is 0 Å². The normalized spacial score (nSPS) is 13.0. The molecule has 0 saturated carbocycles. The molecule has 0 aromatic heterocycles. The van der Waals surface area contributed by atoms with Crippen LogP contribution in [0.2, 0.25) is 0 Å². The van der Waals surface area contributed by atoms with Crippen molar-refractivity contribution in [2.75, 3.05) is 27.4 Å². The van der Waals surface area contributed by atoms with Crippen molar-refractivity contribution < 1.29 is 18.9 Å². The quantitative estimate of drug-likeness (QED) is 0.118. The lowest BCUT2D eigenvalue weighted by atomic mass is 9.96. The van der Waals surface area contributed by atoms with E-state index in [0.29, 0.717) is 64.6 Å². The van der Waals surface area contributed by atoms with Gasteiger partial charge in [-0.2, -0.15) is 10.5 Å². The largest absolute Gasteiger partial charge is 0.496 e. The van der Waals surface area contributed by atoms with Crippen molar-refractivity contribution in [2.45, 2.75) is 92.9 Å². The van der Waals surface area contributed by atoms with E-state index in [9.17, 15) is 10.5 Å². The Bertz CT molecular complexity index is 1350. The molecule has 0 aliphatic carbocycles. The van der Waals surface area contributed by atoms with Gasteiger partial charge in [0.1, 0.15) is 23.0 Å². The number of aryl methyl sites for hydroxylation is 1. The number of nitriles is 2. The number of allylic oxidation sites excluding steroid dienone is 3. The summed E-state index contributed by atoms with van der Waals surface area (Å²) in [5, 5.41) is 20.3. The molecule has 0 bridgehead atoms. The first-order valence-electron chi connectivity index (χ1n) is 16.2. The molecule has 0 heterocycles. The smallest absolute Gasteiger partial charge is 0.128 e. The number of ether oxygens (including phenoxy) is 4. The Morgan fingerprint density at radius 1 is 0.727 bits per heavy atom. The standard InChI is InChI=1S/C38H52N2O4/c1-9-14-16-28(11-3)25-43-36-18-27(6)35(41-7)20-31(36)19-32(24-40)34-22-38(44-26-29(12-4)17-15-10-2)33(21-37(34)42-8)30(13-5)23-39/h13,18-22,28-29H,9-12,14-17,25-26H2,1-8H3. The second kappa shape index (κ2) is 19.4. The van der Waals surface area contributed by atoms with Crippen molar-refractivity contribution >= 4 is 17.2 Å². The summed E-state index contributed by atoms with van der Waals surface area (Å²) in [7, 11) is 3.21. The van der Waals surface area contributed by atoms with Crippen LogP contribution in [-0.2, 0) is 0 Å². The summed E-state index contributed by atoms with van der Waals surface area (Å²) in [6.07, 6.45) is 12.5. The zero-order valence-electron chi connectivity index (χ0n) is 28.2. The predicted octanol–water partition coefficient (Wildman–Crippen LogP) is 10.2. The van der Waals surface area contributed by atoms with Crippen molar-refractivity contribution in [1.29, 1.82) is 10.5 Å². The Morgan fingerprint density at radius 3 is 1.73 bits per heavy atom. The second-order valence-corrected chi connectivity index (χ2v) is 11.3. The van der Waals surface area contributed by atoms with Crippen LogP contribution in [0.5, 0.6) is 23.0 Å². The van der Waals surface area contributed by atoms with Crippen LogP contribution in [0.3, 0.4) is 0 Å². The second-order valence-electron chi connectivity index (χ2n) is 11.3. The Balaban J connectivity index is 2.66. The maximum atomic E-state index is 10.5. The van der Waals surface area contributed by atoms with Gasteiger partial charge in [0, 0.05) is 16.7 Å². The highest BCUT2D eigenvalue weighted by molar-refractivity contribution is 5.94. The SMILES string of the molecule is CC=C(C#N)c1cc(OC)c(C(C#N)=Cc2cc(OC)c(C)cc2OCC(CC)CCCC)cc1OCC(CC)CCCC. The minimum absolute atomic E-state index is 0.393. The summed E-state index contributed by atoms with van der Waals surface area (Å²) < 4.78 is 24.2. The number of rotatable bonds is 19. The lowest BCUT2D eigenvalue weighted by molar-refractivity contribution is 0.232. The van der Waals surface area contributed by atoms with Gasteiger partial charge < -0.3 is 18.9 Å². The van der Waals surface area contributed by atoms with Crippen molar-refractivity contribution in [1.82, 2.24) is 0 Å². The van der Waals surface area contributed by atoms with E-state index in [2.05, 4.69) is 39.8 Å². The average Bonchev–Trinajstić information content (AvgIpc) is 3.05. The van der Waals surface area contributed by atoms with E-state index in [1.807, 2.05) is 38.1 Å². The molecule has 2 atom stereocenters. The molecule has 2 aromatic rings. The zero-order chi connectivity index (χ0) is 32.5. The van der Waals surface area contributed by atoms with Gasteiger partial charge in [-0.25, -0.2) is 0 Å². The molecule has 238 valence electrons. The van der Waals surface area contributed by atoms with Gasteiger partial charge in [0.2, 0.25) is 0 Å². The van der Waals surface area contributed by atoms with Gasteiger partial charge in [0.25, 0.3) is 0 Å². The van der Waals surface area contributed by atoms with Crippen LogP contribution in [0.1, 0.15) is 108 Å². The fourth-order valence-electron chi connectivity index (χ4n) is 5.22. The van der Waals surface area contributed by atoms with Crippen LogP contribution in [0, 0.1) is 41.4 Å². The Morgan fingerprint density at radius 2 is 1.25 bits per heavy atom. The highest BCUT2D eigenvalue weighted by Gasteiger charge is 2.20. The summed E-state index contributed by atoms with van der Waals surface area (Å²) in [5.41, 5.74) is 3.83. The molecule has 2 unspecified atom stereocenters. The van der Waals surface area contributed by atoms with Gasteiger partial charge in [-0.15, -0.1) is 0 Å². The molecule has 6 heteroatoms. The summed E-state index contributed by atoms with van der Waals surface area (Å²) in [6, 6.07) is 12.2. The summed E-state index contributed by atoms with van der Waals surface area (Å²) in [5.74, 6) is 3.34. The molecular formula is C38H52N2O4. The minimum Gasteiger partial charge on any atom is -0.496 e. The molecule has 0 spiro atoms. The van der Waals surface area contributed by atoms with Crippen molar-refractivity contribution in [3.63, 3.8) is 0 Å². The molecule has 0 aliphatic heterocycles. The van der Waals surface area contributed by atoms with E-state index >= 15 is 0 Å². The lowest BCUT2D eigenvalue weighted by Crippen LogP contribution is -2.12. The molecule has 0 N–H and O–H groups in total. The Hall–Kier alpha value is -3.90. The number of unbranched alkanes of at least 4 members (excludes halogenated alkanes) is 2. The van der Waals surface area contributed by atoms with E-state index < -0.39 is 0 Å². The number of hydrogen-bond donors (Lipinski definition) is 0. The lowest BCUT2D eigenvalue weighted by Gasteiger charge is -2.20. The molecule has 2 aromatic carbocycles. The van der Waals surface area contributed by atoms with Gasteiger partial charge in [-0.3, -0.25) is 0 Å². The number of benzene rings is 2. The zero-order valence-corrected chi connectivity index (χ0v) is 28.2. The van der Waals surface area contributed by atoms with Crippen molar-refractivity contribution in [2.24, 2.45) is 11.8 Å². The number of nitrogens with zero attached hydrogens (tertiary/aromatic N) is 2. The summed E-state index contributed by atoms with van der Waals surface area (Å²) in [4.78, 5) is 0. The molecule has 0 radical (unpaired) electrons. The highest BCUT2D eigenvalue weighted by Crippen LogP contribution is 2.39. The predicted molar refractivity (Wildman–Crippen MR) is 181 cm³/mol. The first kappa shape index (κ1) is 36.3. The first-order valence-corrected chi connectivity index (χ1v) is 16.2. The van der Waals surface area contributed by atoms with Crippen LogP contribution in [0.15, 0.2) is 30.3 Å². The summed E-state index contributed by atoms with van der Waals surface area (Å²) >= 11 is 0. The van der Waals surface area contributed by atoms with Crippen LogP contribution in [0.25, 0.3) is 17.2 Å². The Labute approximate surface area is 266 Å². The van der Waals surface area contributed by atoms with Gasteiger partial charge in [-0.05, 0) is 74.4 Å². The van der Waals surface area contributed by atoms with E-state index in [4.69, 9.17) is 18.9 Å². The van der Waals surface area contributed by atoms with E-state index in [1.165, 1.54) is 6.42 Å². The molecule has 0 amide bonds. The molecule has 0 fully saturated rings. The van der Waals surface area contributed by atoms with E-state index in [1.54, 1.807) is 26.4 Å². The Kier molecular flexibility index (Phi) is 16.0. The molecule has 44 heavy (non-hydrogen) atoms. The third-order valence-corrected chi connectivity index (χ3v) is 8.27. The van der Waals surface area contributed by atoms with Crippen LogP contribution in [-0.4, -0.2) is 27.4 Å². The third-order valence-electron chi connectivity index (χ3n) is 8.27. The van der Waals surface area contributed by atoms with Gasteiger partial charge in [-0.1, -0.05) is 72.3 Å². The van der Waals surface area contributed by atoms with Crippen molar-refractivity contribution in [3.05, 3.63) is 52.6 Å². The molecule has 0 saturated heterocycles. The fraction of sp³-hybridized carbons (Fsp3) is 0.526. The van der Waals surface area contributed by atoms with Gasteiger partial charge in [0.05, 0.1) is 50.7 Å². The van der Waals surface area contributed by atoms with Crippen LogP contribution in [0.4, 0.5) is 0 Å². The van der Waals surface area contributed by atoms with Gasteiger partial charge >= 0.3 is 0 Å². The molecule has 2 rings (SSSR count). The van der Waals surface area contributed by atoms with Gasteiger partial charge in [0.15, 0.2) is 0 Å². The average molecular weight is 601 g/mol. The highest BCUT2D eigenvalue weighted by atomic mass is 16.5. The summed E-state index contributed by atoms with van der Waals surface area (Å²) in [6.45, 7) is 13.7. The minimum atomic E-state index is 0.393. The topological polar surface area (TPSA) is 84.5 Å². The third kappa shape index (κ3) is 10.1. The number of hydrogen-bond acceptors (Lipinski definition) is 6. The number of methoxy groups -OCH3 is 2. The van der Waals surface area contributed by atoms with Crippen molar-refractivity contribution in [3.8, 4) is 35.1 Å². The molecule has 6 nitrogen and oxygen atoms in total. The maximum Gasteiger partial charge on any atom is 0.128 e. The molecule has 0 aliphatic rings. The molecular weight excluding hydrogens is 548 g/mol.